The fourth-order valence-electron chi connectivity index (χ4n) is 4.03. The van der Waals surface area contributed by atoms with Crippen LogP contribution in [0.25, 0.3) is 5.65 Å². The number of nitrogens with zero attached hydrogens (tertiary/aromatic N) is 6. The molecule has 0 aromatic carbocycles. The Morgan fingerprint density at radius 1 is 1.12 bits per heavy atom. The predicted octanol–water partition coefficient (Wildman–Crippen LogP) is 1.04. The zero-order valence-electron chi connectivity index (χ0n) is 15.6. The number of carbonyl (C=O) groups is 1. The van der Waals surface area contributed by atoms with E-state index in [-0.39, 0.29) is 11.9 Å². The molecule has 2 saturated heterocycles. The molecule has 2 aliphatic heterocycles. The molecule has 1 amide bonds. The molecule has 0 spiro atoms. The topological polar surface area (TPSA) is 78.7 Å². The first-order valence-corrected chi connectivity index (χ1v) is 9.55. The molecule has 4 rings (SSSR count). The monoisotopic (exact) mass is 357 g/mol. The van der Waals surface area contributed by atoms with E-state index in [9.17, 15) is 4.79 Å². The van der Waals surface area contributed by atoms with Crippen molar-refractivity contribution < 1.29 is 4.79 Å². The van der Waals surface area contributed by atoms with E-state index >= 15 is 0 Å². The Hall–Kier alpha value is -2.22. The Bertz CT molecular complexity index is 779. The highest BCUT2D eigenvalue weighted by atomic mass is 16.2. The summed E-state index contributed by atoms with van der Waals surface area (Å²) in [6.07, 6.45) is 5.15. The van der Waals surface area contributed by atoms with E-state index in [0.29, 0.717) is 5.92 Å². The van der Waals surface area contributed by atoms with Crippen molar-refractivity contribution in [1.82, 2.24) is 30.0 Å². The summed E-state index contributed by atoms with van der Waals surface area (Å²) < 4.78 is 1.88. The number of hydrogen-bond donors (Lipinski definition) is 1. The van der Waals surface area contributed by atoms with Gasteiger partial charge in [0.1, 0.15) is 5.82 Å². The zero-order chi connectivity index (χ0) is 18.1. The van der Waals surface area contributed by atoms with E-state index in [2.05, 4.69) is 25.5 Å². The first kappa shape index (κ1) is 17.2. The molecule has 2 aliphatic rings. The average Bonchev–Trinajstić information content (AvgIpc) is 2.96. The van der Waals surface area contributed by atoms with E-state index in [1.54, 1.807) is 0 Å². The van der Waals surface area contributed by atoms with E-state index in [0.717, 1.165) is 69.0 Å². The summed E-state index contributed by atoms with van der Waals surface area (Å²) in [6, 6.07) is 3.96. The fourth-order valence-corrected chi connectivity index (χ4v) is 4.03. The maximum Gasteiger partial charge on any atom is 0.237 e. The van der Waals surface area contributed by atoms with Gasteiger partial charge in [-0.25, -0.2) is 0 Å². The Kier molecular flexibility index (Phi) is 4.76. The zero-order valence-corrected chi connectivity index (χ0v) is 15.6. The van der Waals surface area contributed by atoms with Crippen molar-refractivity contribution in [3.05, 3.63) is 18.0 Å². The highest BCUT2D eigenvalue weighted by Gasteiger charge is 2.32. The molecule has 2 aromatic heterocycles. The van der Waals surface area contributed by atoms with Gasteiger partial charge in [-0.05, 0) is 57.3 Å². The number of rotatable bonds is 3. The van der Waals surface area contributed by atoms with E-state index in [1.807, 2.05) is 35.6 Å². The van der Waals surface area contributed by atoms with E-state index < -0.39 is 0 Å². The van der Waals surface area contributed by atoms with Gasteiger partial charge in [-0.15, -0.1) is 15.3 Å². The van der Waals surface area contributed by atoms with Crippen LogP contribution in [0.2, 0.25) is 0 Å². The number of aromatic nitrogens is 4. The molecule has 140 valence electrons. The van der Waals surface area contributed by atoms with Gasteiger partial charge in [0.15, 0.2) is 11.5 Å². The standard InChI is InChI=1S/C18H27N7O/c1-23(2)16-7-6-15-20-21-17(25(15)22-16)13-8-11-24(12-9-13)14-5-3-4-10-19-18(14)26/h6-7,13-14H,3-5,8-12H2,1-2H3,(H,19,26). The van der Waals surface area contributed by atoms with Gasteiger partial charge in [-0.3, -0.25) is 9.69 Å². The van der Waals surface area contributed by atoms with Crippen LogP contribution in [0.4, 0.5) is 5.82 Å². The Morgan fingerprint density at radius 3 is 2.69 bits per heavy atom. The van der Waals surface area contributed by atoms with E-state index in [1.165, 1.54) is 0 Å². The van der Waals surface area contributed by atoms with Crippen LogP contribution in [-0.2, 0) is 4.79 Å². The summed E-state index contributed by atoms with van der Waals surface area (Å²) in [5, 5.41) is 16.4. The summed E-state index contributed by atoms with van der Waals surface area (Å²) in [4.78, 5) is 16.6. The first-order valence-electron chi connectivity index (χ1n) is 9.55. The minimum Gasteiger partial charge on any atom is -0.361 e. The molecule has 1 N–H and O–H groups in total. The SMILES string of the molecule is CN(C)c1ccc2nnc(C3CCN(C4CCCCNC4=O)CC3)n2n1. The van der Waals surface area contributed by atoms with Crippen LogP contribution >= 0.6 is 0 Å². The summed E-state index contributed by atoms with van der Waals surface area (Å²) in [6.45, 7) is 2.66. The minimum atomic E-state index is 0.0343. The molecule has 8 heteroatoms. The molecule has 1 atom stereocenters. The van der Waals surface area contributed by atoms with Crippen LogP contribution < -0.4 is 10.2 Å². The molecule has 0 bridgehead atoms. The number of amides is 1. The number of anilines is 1. The van der Waals surface area contributed by atoms with Gasteiger partial charge in [0.2, 0.25) is 5.91 Å². The van der Waals surface area contributed by atoms with Crippen molar-refractivity contribution in [2.75, 3.05) is 38.6 Å². The lowest BCUT2D eigenvalue weighted by Crippen LogP contribution is -2.48. The quantitative estimate of drug-likeness (QED) is 0.884. The van der Waals surface area contributed by atoms with Gasteiger partial charge in [-0.1, -0.05) is 0 Å². The molecule has 2 aromatic rings. The largest absolute Gasteiger partial charge is 0.361 e. The Morgan fingerprint density at radius 2 is 1.92 bits per heavy atom. The van der Waals surface area contributed by atoms with Crippen LogP contribution in [0.5, 0.6) is 0 Å². The first-order chi connectivity index (χ1) is 12.6. The summed E-state index contributed by atoms with van der Waals surface area (Å²) >= 11 is 0. The molecule has 2 fully saturated rings. The molecule has 0 radical (unpaired) electrons. The van der Waals surface area contributed by atoms with Crippen LogP contribution in [0.1, 0.15) is 43.8 Å². The number of fused-ring (bicyclic) bond motifs is 1. The van der Waals surface area contributed by atoms with Crippen LogP contribution in [-0.4, -0.2) is 70.4 Å². The lowest BCUT2D eigenvalue weighted by Gasteiger charge is -2.35. The second-order valence-electron chi connectivity index (χ2n) is 7.53. The Labute approximate surface area is 153 Å². The second-order valence-corrected chi connectivity index (χ2v) is 7.53. The third-order valence-electron chi connectivity index (χ3n) is 5.57. The van der Waals surface area contributed by atoms with Crippen LogP contribution in [0.3, 0.4) is 0 Å². The summed E-state index contributed by atoms with van der Waals surface area (Å²) in [5.41, 5.74) is 0.788. The van der Waals surface area contributed by atoms with Gasteiger partial charge < -0.3 is 10.2 Å². The van der Waals surface area contributed by atoms with Crippen molar-refractivity contribution >= 4 is 17.4 Å². The number of nitrogens with one attached hydrogen (secondary N) is 1. The normalized spacial score (nSPS) is 23.0. The van der Waals surface area contributed by atoms with Crippen molar-refractivity contribution in [2.24, 2.45) is 0 Å². The van der Waals surface area contributed by atoms with Gasteiger partial charge in [0, 0.05) is 26.6 Å². The summed E-state index contributed by atoms with van der Waals surface area (Å²) in [7, 11) is 3.96. The molecule has 0 saturated carbocycles. The molecule has 8 nitrogen and oxygen atoms in total. The maximum absolute atomic E-state index is 12.3. The van der Waals surface area contributed by atoms with E-state index in [4.69, 9.17) is 0 Å². The Balaban J connectivity index is 1.48. The molecular formula is C18H27N7O. The molecule has 1 unspecified atom stereocenters. The third-order valence-corrected chi connectivity index (χ3v) is 5.57. The van der Waals surface area contributed by atoms with Gasteiger partial charge in [0.25, 0.3) is 0 Å². The predicted molar refractivity (Wildman–Crippen MR) is 99.3 cm³/mol. The fraction of sp³-hybridized carbons (Fsp3) is 0.667. The maximum atomic E-state index is 12.3. The molecule has 4 heterocycles. The van der Waals surface area contributed by atoms with Crippen molar-refractivity contribution in [3.63, 3.8) is 0 Å². The smallest absolute Gasteiger partial charge is 0.237 e. The van der Waals surface area contributed by atoms with Crippen LogP contribution in [0.15, 0.2) is 12.1 Å². The lowest BCUT2D eigenvalue weighted by molar-refractivity contribution is -0.126. The van der Waals surface area contributed by atoms with Gasteiger partial charge in [0.05, 0.1) is 6.04 Å². The lowest BCUT2D eigenvalue weighted by atomic mass is 9.94. The third kappa shape index (κ3) is 3.25. The van der Waals surface area contributed by atoms with Gasteiger partial charge >= 0.3 is 0 Å². The van der Waals surface area contributed by atoms with Crippen molar-refractivity contribution in [2.45, 2.75) is 44.1 Å². The molecule has 0 aliphatic carbocycles. The molecule has 26 heavy (non-hydrogen) atoms. The number of likely N-dealkylation sites (tertiary alicyclic amines) is 1. The minimum absolute atomic E-state index is 0.0343. The van der Waals surface area contributed by atoms with Crippen molar-refractivity contribution in [3.8, 4) is 0 Å². The number of hydrogen-bond acceptors (Lipinski definition) is 6. The van der Waals surface area contributed by atoms with Gasteiger partial charge in [-0.2, -0.15) is 4.52 Å². The highest BCUT2D eigenvalue weighted by Crippen LogP contribution is 2.29. The average molecular weight is 357 g/mol. The second kappa shape index (κ2) is 7.19. The molecular weight excluding hydrogens is 330 g/mol. The number of carbonyl (C=O) groups excluding carboxylic acids is 1. The number of piperidine rings is 1. The summed E-state index contributed by atoms with van der Waals surface area (Å²) in [5.74, 6) is 2.37. The highest BCUT2D eigenvalue weighted by molar-refractivity contribution is 5.81. The van der Waals surface area contributed by atoms with Crippen LogP contribution in [0, 0.1) is 0 Å². The van der Waals surface area contributed by atoms with Crippen molar-refractivity contribution in [1.29, 1.82) is 0 Å².